The predicted octanol–water partition coefficient (Wildman–Crippen LogP) is 3.08. The van der Waals surface area contributed by atoms with E-state index in [0.717, 1.165) is 11.4 Å². The van der Waals surface area contributed by atoms with Gasteiger partial charge in [0.25, 0.3) is 0 Å². The van der Waals surface area contributed by atoms with E-state index in [-0.39, 0.29) is 17.9 Å². The fourth-order valence-corrected chi connectivity index (χ4v) is 2.19. The molecule has 2 rings (SSSR count). The van der Waals surface area contributed by atoms with Crippen LogP contribution in [0.25, 0.3) is 0 Å². The Kier molecular flexibility index (Phi) is 4.54. The zero-order valence-electron chi connectivity index (χ0n) is 13.9. The van der Waals surface area contributed by atoms with Crippen LogP contribution in [-0.2, 0) is 17.3 Å². The molecule has 0 atom stereocenters. The molecule has 0 saturated heterocycles. The van der Waals surface area contributed by atoms with Gasteiger partial charge in [0, 0.05) is 18.8 Å². The van der Waals surface area contributed by atoms with Crippen molar-refractivity contribution in [3.8, 4) is 0 Å². The van der Waals surface area contributed by atoms with E-state index in [2.05, 4.69) is 48.6 Å². The summed E-state index contributed by atoms with van der Waals surface area (Å²) in [7, 11) is 1.81. The van der Waals surface area contributed by atoms with Crippen molar-refractivity contribution in [3.05, 3.63) is 41.6 Å². The maximum absolute atomic E-state index is 12.0. The van der Waals surface area contributed by atoms with Gasteiger partial charge in [0.2, 0.25) is 5.91 Å². The van der Waals surface area contributed by atoms with E-state index in [0.29, 0.717) is 5.82 Å². The maximum atomic E-state index is 12.0. The molecule has 2 aromatic rings. The molecule has 22 heavy (non-hydrogen) atoms. The summed E-state index contributed by atoms with van der Waals surface area (Å²) < 4.78 is 1.66. The molecule has 5 heteroatoms. The Hall–Kier alpha value is -2.30. The third-order valence-electron chi connectivity index (χ3n) is 3.47. The Labute approximate surface area is 131 Å². The quantitative estimate of drug-likeness (QED) is 0.912. The van der Waals surface area contributed by atoms with Gasteiger partial charge in [-0.2, -0.15) is 5.10 Å². The van der Waals surface area contributed by atoms with Gasteiger partial charge in [-0.3, -0.25) is 9.48 Å². The molecular formula is C17H24N4O. The number of amides is 1. The largest absolute Gasteiger partial charge is 0.376 e. The van der Waals surface area contributed by atoms with Crippen molar-refractivity contribution in [2.24, 2.45) is 7.05 Å². The molecule has 1 aromatic heterocycles. The number of hydrogen-bond donors (Lipinski definition) is 2. The Morgan fingerprint density at radius 2 is 1.86 bits per heavy atom. The van der Waals surface area contributed by atoms with Gasteiger partial charge in [-0.25, -0.2) is 0 Å². The van der Waals surface area contributed by atoms with Crippen molar-refractivity contribution < 1.29 is 4.79 Å². The first-order valence-corrected chi connectivity index (χ1v) is 7.40. The highest BCUT2D eigenvalue weighted by atomic mass is 16.2. The summed E-state index contributed by atoms with van der Waals surface area (Å²) in [6.07, 6.45) is 0. The second-order valence-corrected chi connectivity index (χ2v) is 6.52. The van der Waals surface area contributed by atoms with Gasteiger partial charge in [0.15, 0.2) is 0 Å². The Morgan fingerprint density at radius 3 is 2.36 bits per heavy atom. The molecule has 2 N–H and O–H groups in total. The van der Waals surface area contributed by atoms with Crippen molar-refractivity contribution in [2.75, 3.05) is 17.2 Å². The van der Waals surface area contributed by atoms with E-state index < -0.39 is 0 Å². The van der Waals surface area contributed by atoms with Crippen LogP contribution in [-0.4, -0.2) is 22.2 Å². The third-order valence-corrected chi connectivity index (χ3v) is 3.47. The molecule has 0 bridgehead atoms. The molecule has 0 unspecified atom stereocenters. The van der Waals surface area contributed by atoms with E-state index >= 15 is 0 Å². The van der Waals surface area contributed by atoms with Crippen LogP contribution in [0.1, 0.15) is 32.0 Å². The summed E-state index contributed by atoms with van der Waals surface area (Å²) in [4.78, 5) is 12.0. The van der Waals surface area contributed by atoms with E-state index in [1.807, 2.05) is 25.1 Å². The van der Waals surface area contributed by atoms with Crippen LogP contribution in [0.15, 0.2) is 30.3 Å². The molecule has 0 fully saturated rings. The number of carbonyl (C=O) groups excluding carboxylic acids is 1. The van der Waals surface area contributed by atoms with Gasteiger partial charge in [0.05, 0.1) is 12.2 Å². The first kappa shape index (κ1) is 16.1. The van der Waals surface area contributed by atoms with Crippen molar-refractivity contribution in [1.29, 1.82) is 0 Å². The van der Waals surface area contributed by atoms with Crippen LogP contribution < -0.4 is 10.6 Å². The van der Waals surface area contributed by atoms with Gasteiger partial charge >= 0.3 is 0 Å². The molecule has 5 nitrogen and oxygen atoms in total. The molecule has 1 heterocycles. The van der Waals surface area contributed by atoms with Crippen molar-refractivity contribution >= 4 is 17.4 Å². The molecule has 0 spiro atoms. The van der Waals surface area contributed by atoms with Crippen molar-refractivity contribution in [2.45, 2.75) is 33.1 Å². The first-order valence-electron chi connectivity index (χ1n) is 7.40. The van der Waals surface area contributed by atoms with Crippen LogP contribution >= 0.6 is 0 Å². The summed E-state index contributed by atoms with van der Waals surface area (Å²) in [5.74, 6) is 0.607. The zero-order valence-corrected chi connectivity index (χ0v) is 13.9. The predicted molar refractivity (Wildman–Crippen MR) is 90.2 cm³/mol. The highest BCUT2D eigenvalue weighted by Crippen LogP contribution is 2.23. The minimum absolute atomic E-state index is 0.0945. The lowest BCUT2D eigenvalue weighted by Crippen LogP contribution is -2.23. The minimum Gasteiger partial charge on any atom is -0.376 e. The number of nitrogens with zero attached hydrogens (tertiary/aromatic N) is 2. The van der Waals surface area contributed by atoms with Crippen LogP contribution in [0, 0.1) is 6.92 Å². The van der Waals surface area contributed by atoms with E-state index in [1.165, 1.54) is 5.56 Å². The monoisotopic (exact) mass is 300 g/mol. The lowest BCUT2D eigenvalue weighted by Gasteiger charge is -2.19. The SMILES string of the molecule is Cc1cc(NC(=O)CNc2ccc(C(C)(C)C)cc2)n(C)n1. The number of aryl methyl sites for hydroxylation is 2. The molecule has 0 aliphatic heterocycles. The number of carbonyl (C=O) groups is 1. The average Bonchev–Trinajstić information content (AvgIpc) is 2.74. The topological polar surface area (TPSA) is 59.0 Å². The smallest absolute Gasteiger partial charge is 0.244 e. The number of hydrogen-bond acceptors (Lipinski definition) is 3. The molecule has 118 valence electrons. The molecular weight excluding hydrogens is 276 g/mol. The summed E-state index contributed by atoms with van der Waals surface area (Å²) in [5, 5.41) is 10.2. The van der Waals surface area contributed by atoms with Gasteiger partial charge in [-0.1, -0.05) is 32.9 Å². The molecule has 1 amide bonds. The summed E-state index contributed by atoms with van der Waals surface area (Å²) in [5.41, 5.74) is 3.22. The second kappa shape index (κ2) is 6.22. The average molecular weight is 300 g/mol. The van der Waals surface area contributed by atoms with Gasteiger partial charge in [-0.15, -0.1) is 0 Å². The minimum atomic E-state index is -0.0945. The van der Waals surface area contributed by atoms with E-state index in [1.54, 1.807) is 11.7 Å². The van der Waals surface area contributed by atoms with Gasteiger partial charge < -0.3 is 10.6 Å². The Bertz CT molecular complexity index is 650. The second-order valence-electron chi connectivity index (χ2n) is 6.52. The zero-order chi connectivity index (χ0) is 16.3. The first-order chi connectivity index (χ1) is 10.3. The summed E-state index contributed by atoms with van der Waals surface area (Å²) in [6.45, 7) is 8.65. The normalized spacial score (nSPS) is 11.3. The molecule has 0 radical (unpaired) electrons. The van der Waals surface area contributed by atoms with Crippen LogP contribution in [0.4, 0.5) is 11.5 Å². The number of benzene rings is 1. The Balaban J connectivity index is 1.90. The molecule has 1 aromatic carbocycles. The highest BCUT2D eigenvalue weighted by molar-refractivity contribution is 5.93. The Morgan fingerprint density at radius 1 is 1.23 bits per heavy atom. The van der Waals surface area contributed by atoms with Gasteiger partial charge in [-0.05, 0) is 30.0 Å². The summed E-state index contributed by atoms with van der Waals surface area (Å²) >= 11 is 0. The third kappa shape index (κ3) is 4.10. The fourth-order valence-electron chi connectivity index (χ4n) is 2.19. The van der Waals surface area contributed by atoms with Crippen molar-refractivity contribution in [3.63, 3.8) is 0 Å². The lowest BCUT2D eigenvalue weighted by atomic mass is 9.87. The van der Waals surface area contributed by atoms with Crippen LogP contribution in [0.3, 0.4) is 0 Å². The number of anilines is 2. The van der Waals surface area contributed by atoms with Crippen LogP contribution in [0.5, 0.6) is 0 Å². The van der Waals surface area contributed by atoms with Crippen LogP contribution in [0.2, 0.25) is 0 Å². The maximum Gasteiger partial charge on any atom is 0.244 e. The van der Waals surface area contributed by atoms with E-state index in [4.69, 9.17) is 0 Å². The number of rotatable bonds is 4. The molecule has 0 aliphatic carbocycles. The summed E-state index contributed by atoms with van der Waals surface area (Å²) in [6, 6.07) is 10.0. The number of aromatic nitrogens is 2. The molecule has 0 saturated carbocycles. The van der Waals surface area contributed by atoms with Crippen molar-refractivity contribution in [1.82, 2.24) is 9.78 Å². The standard InChI is InChI=1S/C17H24N4O/c1-12-10-15(21(5)20-12)19-16(22)11-18-14-8-6-13(7-9-14)17(2,3)4/h6-10,18H,11H2,1-5H3,(H,19,22). The van der Waals surface area contributed by atoms with E-state index in [9.17, 15) is 4.79 Å². The molecule has 0 aliphatic rings. The number of nitrogens with one attached hydrogen (secondary N) is 2. The fraction of sp³-hybridized carbons (Fsp3) is 0.412. The lowest BCUT2D eigenvalue weighted by molar-refractivity contribution is -0.114. The van der Waals surface area contributed by atoms with Gasteiger partial charge in [0.1, 0.15) is 5.82 Å². The highest BCUT2D eigenvalue weighted by Gasteiger charge is 2.13.